The van der Waals surface area contributed by atoms with Crippen LogP contribution in [0.3, 0.4) is 0 Å². The molecule has 47 heavy (non-hydrogen) atoms. The first-order valence-electron chi connectivity index (χ1n) is 20.6. The third-order valence-corrected chi connectivity index (χ3v) is 20.0. The summed E-state index contributed by atoms with van der Waals surface area (Å²) in [6.45, 7) is 9.95. The second-order valence-electron chi connectivity index (χ2n) is 20.6. The van der Waals surface area contributed by atoms with Gasteiger partial charge < -0.3 is 20.4 Å². The number of fused-ring (bicyclic) bond motifs is 10. The Labute approximate surface area is 291 Å². The fourth-order valence-electron chi connectivity index (χ4n) is 15.7. The van der Waals surface area contributed by atoms with E-state index in [1.165, 1.54) is 77.0 Å². The third kappa shape index (κ3) is 5.32. The molecule has 8 fully saturated rings. The van der Waals surface area contributed by atoms with E-state index in [1.807, 2.05) is 11.8 Å². The molecular formula is C42H70O4S. The minimum absolute atomic E-state index is 0.0938. The van der Waals surface area contributed by atoms with Crippen LogP contribution in [0.2, 0.25) is 0 Å². The van der Waals surface area contributed by atoms with Crippen LogP contribution in [-0.2, 0) is 0 Å². The molecular weight excluding hydrogens is 601 g/mol. The molecule has 8 rings (SSSR count). The second kappa shape index (κ2) is 11.9. The van der Waals surface area contributed by atoms with Crippen LogP contribution < -0.4 is 0 Å². The molecule has 0 radical (unpaired) electrons. The average molecular weight is 671 g/mol. The highest BCUT2D eigenvalue weighted by Gasteiger charge is 2.63. The van der Waals surface area contributed by atoms with E-state index in [1.54, 1.807) is 0 Å². The standard InChI is InChI=1S/C42H70O4S/c1-37-17-19-41(45,25-27(37)5-7-29-31-9-11-35(43)39(31,3)15-13-33(29)37)21-23-47-24-22-42(46)20-18-38(2)28(26-42)6-8-30-32-10-12-36(44)40(32,4)16-14-34(30)38/h27-36,43-46H,5-26H2,1-4H3/t27?,28?,29?,30?,31?,32?,33?,34?,35-,36-,37-,38-,39-,40-,41+,42+/m0/s1. The van der Waals surface area contributed by atoms with E-state index in [9.17, 15) is 20.4 Å². The van der Waals surface area contributed by atoms with E-state index in [4.69, 9.17) is 0 Å². The molecule has 8 unspecified atom stereocenters. The zero-order valence-corrected chi connectivity index (χ0v) is 31.3. The molecule has 8 saturated carbocycles. The van der Waals surface area contributed by atoms with Crippen molar-refractivity contribution in [2.24, 2.45) is 69.0 Å². The monoisotopic (exact) mass is 670 g/mol. The molecule has 0 heterocycles. The summed E-state index contributed by atoms with van der Waals surface area (Å²) in [7, 11) is 0. The molecule has 0 saturated heterocycles. The van der Waals surface area contributed by atoms with Gasteiger partial charge in [0.2, 0.25) is 0 Å². The van der Waals surface area contributed by atoms with Crippen molar-refractivity contribution >= 4 is 11.8 Å². The molecule has 0 aromatic heterocycles. The Morgan fingerprint density at radius 2 is 0.872 bits per heavy atom. The number of thioether (sulfide) groups is 1. The van der Waals surface area contributed by atoms with Gasteiger partial charge in [-0.15, -0.1) is 0 Å². The molecule has 268 valence electrons. The molecule has 5 heteroatoms. The van der Waals surface area contributed by atoms with Gasteiger partial charge in [-0.3, -0.25) is 0 Å². The van der Waals surface area contributed by atoms with E-state index < -0.39 is 11.2 Å². The van der Waals surface area contributed by atoms with Crippen molar-refractivity contribution in [1.29, 1.82) is 0 Å². The van der Waals surface area contributed by atoms with Gasteiger partial charge in [-0.05, 0) is 209 Å². The molecule has 0 aliphatic heterocycles. The zero-order chi connectivity index (χ0) is 33.0. The largest absolute Gasteiger partial charge is 0.393 e. The van der Waals surface area contributed by atoms with Gasteiger partial charge in [-0.25, -0.2) is 0 Å². The van der Waals surface area contributed by atoms with Crippen molar-refractivity contribution in [3.8, 4) is 0 Å². The quantitative estimate of drug-likeness (QED) is 0.213. The lowest BCUT2D eigenvalue weighted by Crippen LogP contribution is -2.56. The Balaban J connectivity index is 0.810. The average Bonchev–Trinajstić information content (AvgIpc) is 3.52. The first kappa shape index (κ1) is 34.3. The number of aliphatic hydroxyl groups excluding tert-OH is 2. The summed E-state index contributed by atoms with van der Waals surface area (Å²) in [5.41, 5.74) is 0.0168. The summed E-state index contributed by atoms with van der Waals surface area (Å²) < 4.78 is 0. The van der Waals surface area contributed by atoms with Gasteiger partial charge in [0.1, 0.15) is 0 Å². The van der Waals surface area contributed by atoms with Gasteiger partial charge in [0, 0.05) is 0 Å². The molecule has 0 amide bonds. The molecule has 8 aliphatic carbocycles. The predicted molar refractivity (Wildman–Crippen MR) is 192 cm³/mol. The Hall–Kier alpha value is 0.190. The van der Waals surface area contributed by atoms with Crippen molar-refractivity contribution in [1.82, 2.24) is 0 Å². The summed E-state index contributed by atoms with van der Waals surface area (Å²) in [6.07, 6.45) is 22.4. The van der Waals surface area contributed by atoms with Crippen molar-refractivity contribution in [2.45, 2.75) is 180 Å². The van der Waals surface area contributed by atoms with Crippen LogP contribution in [0.5, 0.6) is 0 Å². The lowest BCUT2D eigenvalue weighted by molar-refractivity contribution is -0.155. The molecule has 4 N–H and O–H groups in total. The number of hydrogen-bond donors (Lipinski definition) is 4. The highest BCUT2D eigenvalue weighted by Crippen LogP contribution is 2.69. The Morgan fingerprint density at radius 3 is 1.30 bits per heavy atom. The van der Waals surface area contributed by atoms with E-state index in [0.29, 0.717) is 34.5 Å². The van der Waals surface area contributed by atoms with E-state index in [-0.39, 0.29) is 23.0 Å². The van der Waals surface area contributed by atoms with Crippen molar-refractivity contribution in [3.05, 3.63) is 0 Å². The van der Waals surface area contributed by atoms with Crippen LogP contribution in [0.1, 0.15) is 156 Å². The van der Waals surface area contributed by atoms with Crippen molar-refractivity contribution in [2.75, 3.05) is 11.5 Å². The second-order valence-corrected chi connectivity index (χ2v) is 21.8. The van der Waals surface area contributed by atoms with E-state index >= 15 is 0 Å². The summed E-state index contributed by atoms with van der Waals surface area (Å²) in [6, 6.07) is 0. The summed E-state index contributed by atoms with van der Waals surface area (Å²) in [5, 5.41) is 45.4. The van der Waals surface area contributed by atoms with E-state index in [0.717, 1.165) is 86.5 Å². The maximum absolute atomic E-state index is 11.9. The summed E-state index contributed by atoms with van der Waals surface area (Å²) in [5.74, 6) is 7.86. The summed E-state index contributed by atoms with van der Waals surface area (Å²) in [4.78, 5) is 0. The zero-order valence-electron chi connectivity index (χ0n) is 30.5. The molecule has 0 aromatic carbocycles. The van der Waals surface area contributed by atoms with Crippen LogP contribution in [0.15, 0.2) is 0 Å². The Kier molecular flexibility index (Phi) is 8.65. The van der Waals surface area contributed by atoms with Crippen LogP contribution in [0, 0.1) is 69.0 Å². The molecule has 8 aliphatic rings. The fraction of sp³-hybridized carbons (Fsp3) is 1.00. The minimum Gasteiger partial charge on any atom is -0.393 e. The van der Waals surface area contributed by atoms with Gasteiger partial charge in [0.05, 0.1) is 23.4 Å². The SMILES string of the molecule is C[C@]12CC[C@@](O)(CCSCC[C@]3(O)CC[C@@]4(C)C(CCC5C4CC[C@@]4(C)C5CC[C@@H]4O)C3)CC1CCC1C2CC[C@@]2(C)C1CC[C@@H]2O. The lowest BCUT2D eigenvalue weighted by Gasteiger charge is -2.62. The predicted octanol–water partition coefficient (Wildman–Crippen LogP) is 8.77. The van der Waals surface area contributed by atoms with Crippen LogP contribution >= 0.6 is 11.8 Å². The number of hydrogen-bond acceptors (Lipinski definition) is 5. The normalized spacial score (nSPS) is 58.5. The molecule has 16 atom stereocenters. The van der Waals surface area contributed by atoms with Gasteiger partial charge >= 0.3 is 0 Å². The molecule has 0 spiro atoms. The van der Waals surface area contributed by atoms with Gasteiger partial charge in [-0.2, -0.15) is 11.8 Å². The van der Waals surface area contributed by atoms with Crippen molar-refractivity contribution < 1.29 is 20.4 Å². The van der Waals surface area contributed by atoms with Gasteiger partial charge in [0.15, 0.2) is 0 Å². The lowest BCUT2D eigenvalue weighted by atomic mass is 9.44. The topological polar surface area (TPSA) is 80.9 Å². The summed E-state index contributed by atoms with van der Waals surface area (Å²) >= 11 is 1.98. The number of rotatable bonds is 6. The number of aliphatic hydroxyl groups is 4. The van der Waals surface area contributed by atoms with Crippen molar-refractivity contribution in [3.63, 3.8) is 0 Å². The first-order valence-corrected chi connectivity index (χ1v) is 21.8. The van der Waals surface area contributed by atoms with Crippen LogP contribution in [0.4, 0.5) is 0 Å². The highest BCUT2D eigenvalue weighted by atomic mass is 32.2. The van der Waals surface area contributed by atoms with Gasteiger partial charge in [-0.1, -0.05) is 27.7 Å². The first-order chi connectivity index (χ1) is 22.2. The maximum atomic E-state index is 11.9. The molecule has 0 bridgehead atoms. The highest BCUT2D eigenvalue weighted by molar-refractivity contribution is 7.99. The Morgan fingerprint density at radius 1 is 0.468 bits per heavy atom. The van der Waals surface area contributed by atoms with Crippen LogP contribution in [0.25, 0.3) is 0 Å². The Bertz CT molecular complexity index is 1090. The fourth-order valence-corrected chi connectivity index (χ4v) is 16.9. The molecule has 0 aromatic rings. The maximum Gasteiger partial charge on any atom is 0.0658 e. The molecule has 4 nitrogen and oxygen atoms in total. The minimum atomic E-state index is -0.510. The van der Waals surface area contributed by atoms with Crippen LogP contribution in [-0.4, -0.2) is 55.3 Å². The van der Waals surface area contributed by atoms with E-state index in [2.05, 4.69) is 27.7 Å². The third-order valence-electron chi connectivity index (χ3n) is 19.0. The van der Waals surface area contributed by atoms with Gasteiger partial charge in [0.25, 0.3) is 0 Å². The smallest absolute Gasteiger partial charge is 0.0658 e.